The Hall–Kier alpha value is -0.650. The van der Waals surface area contributed by atoms with Crippen LogP contribution >= 0.6 is 11.3 Å². The van der Waals surface area contributed by atoms with E-state index in [-0.39, 0.29) is 0 Å². The quantitative estimate of drug-likeness (QED) is 0.699. The molecular formula is C13H25N3OS. The standard InChI is InChI=1S/C13H25N3OS/c1-5-8-16(3)13-15-11(6-2)12(18-13)10-14-7-9-17-4/h14H,5-10H2,1-4H3. The van der Waals surface area contributed by atoms with Gasteiger partial charge in [-0.2, -0.15) is 0 Å². The van der Waals surface area contributed by atoms with Gasteiger partial charge in [0.05, 0.1) is 12.3 Å². The lowest BCUT2D eigenvalue weighted by molar-refractivity contribution is 0.199. The summed E-state index contributed by atoms with van der Waals surface area (Å²) in [5.41, 5.74) is 1.22. The second-order valence-electron chi connectivity index (χ2n) is 4.31. The molecule has 0 unspecified atom stereocenters. The lowest BCUT2D eigenvalue weighted by Gasteiger charge is -2.13. The van der Waals surface area contributed by atoms with Crippen LogP contribution in [0.15, 0.2) is 0 Å². The minimum absolute atomic E-state index is 0.753. The molecule has 1 aromatic heterocycles. The van der Waals surface area contributed by atoms with Crippen LogP contribution in [0.1, 0.15) is 30.8 Å². The summed E-state index contributed by atoms with van der Waals surface area (Å²) >= 11 is 1.80. The highest BCUT2D eigenvalue weighted by Gasteiger charge is 2.11. The van der Waals surface area contributed by atoms with Gasteiger partial charge in [0, 0.05) is 38.7 Å². The average Bonchev–Trinajstić information content (AvgIpc) is 2.78. The molecule has 0 bridgehead atoms. The maximum atomic E-state index is 5.03. The fourth-order valence-corrected chi connectivity index (χ4v) is 2.86. The molecule has 0 amide bonds. The van der Waals surface area contributed by atoms with E-state index in [9.17, 15) is 0 Å². The Kier molecular flexibility index (Phi) is 7.23. The molecule has 104 valence electrons. The highest BCUT2D eigenvalue weighted by molar-refractivity contribution is 7.15. The van der Waals surface area contributed by atoms with Gasteiger partial charge >= 0.3 is 0 Å². The number of hydrogen-bond acceptors (Lipinski definition) is 5. The molecule has 0 aromatic carbocycles. The van der Waals surface area contributed by atoms with Crippen molar-refractivity contribution < 1.29 is 4.74 Å². The maximum Gasteiger partial charge on any atom is 0.185 e. The third kappa shape index (κ3) is 4.55. The Morgan fingerprint density at radius 2 is 2.17 bits per heavy atom. The first-order valence-electron chi connectivity index (χ1n) is 6.62. The number of anilines is 1. The minimum Gasteiger partial charge on any atom is -0.383 e. The zero-order chi connectivity index (χ0) is 13.4. The predicted molar refractivity (Wildman–Crippen MR) is 78.6 cm³/mol. The lowest BCUT2D eigenvalue weighted by Crippen LogP contribution is -2.18. The summed E-state index contributed by atoms with van der Waals surface area (Å²) in [6.45, 7) is 7.95. The Balaban J connectivity index is 2.60. The molecule has 0 saturated carbocycles. The normalized spacial score (nSPS) is 10.9. The van der Waals surface area contributed by atoms with Crippen LogP contribution in [0.25, 0.3) is 0 Å². The number of rotatable bonds is 9. The molecule has 18 heavy (non-hydrogen) atoms. The van der Waals surface area contributed by atoms with Crippen LogP contribution in [0, 0.1) is 0 Å². The second-order valence-corrected chi connectivity index (χ2v) is 5.37. The van der Waals surface area contributed by atoms with Crippen molar-refractivity contribution in [1.82, 2.24) is 10.3 Å². The van der Waals surface area contributed by atoms with E-state index in [1.807, 2.05) is 0 Å². The molecule has 0 radical (unpaired) electrons. The molecule has 0 aliphatic carbocycles. The summed E-state index contributed by atoms with van der Waals surface area (Å²) in [5, 5.41) is 4.52. The second kappa shape index (κ2) is 8.45. The SMILES string of the molecule is CCCN(C)c1nc(CC)c(CNCCOC)s1. The van der Waals surface area contributed by atoms with E-state index in [1.54, 1.807) is 18.4 Å². The van der Waals surface area contributed by atoms with Crippen molar-refractivity contribution in [2.75, 3.05) is 38.8 Å². The van der Waals surface area contributed by atoms with Crippen molar-refractivity contribution >= 4 is 16.5 Å². The summed E-state index contributed by atoms with van der Waals surface area (Å²) in [5.74, 6) is 0. The van der Waals surface area contributed by atoms with Gasteiger partial charge in [0.1, 0.15) is 0 Å². The van der Waals surface area contributed by atoms with Crippen molar-refractivity contribution in [1.29, 1.82) is 0 Å². The number of ether oxygens (including phenoxy) is 1. The number of nitrogens with zero attached hydrogens (tertiary/aromatic N) is 2. The molecular weight excluding hydrogens is 246 g/mol. The number of hydrogen-bond donors (Lipinski definition) is 1. The summed E-state index contributed by atoms with van der Waals surface area (Å²) in [6.07, 6.45) is 2.15. The third-order valence-corrected chi connectivity index (χ3v) is 3.97. The van der Waals surface area contributed by atoms with Crippen molar-refractivity contribution in [3.05, 3.63) is 10.6 Å². The predicted octanol–water partition coefficient (Wildman–Crippen LogP) is 2.29. The average molecular weight is 271 g/mol. The van der Waals surface area contributed by atoms with Crippen molar-refractivity contribution in [3.63, 3.8) is 0 Å². The van der Waals surface area contributed by atoms with Gasteiger partial charge in [0.25, 0.3) is 0 Å². The van der Waals surface area contributed by atoms with Crippen LogP contribution in [-0.2, 0) is 17.7 Å². The van der Waals surface area contributed by atoms with E-state index < -0.39 is 0 Å². The van der Waals surface area contributed by atoms with E-state index in [2.05, 4.69) is 31.1 Å². The molecule has 4 nitrogen and oxygen atoms in total. The molecule has 0 aliphatic rings. The molecule has 0 saturated heterocycles. The summed E-state index contributed by atoms with van der Waals surface area (Å²) in [7, 11) is 3.84. The molecule has 0 atom stereocenters. The van der Waals surface area contributed by atoms with Crippen LogP contribution in [0.2, 0.25) is 0 Å². The van der Waals surface area contributed by atoms with E-state index in [1.165, 1.54) is 10.6 Å². The van der Waals surface area contributed by atoms with Gasteiger partial charge in [-0.15, -0.1) is 11.3 Å². The lowest BCUT2D eigenvalue weighted by atomic mass is 10.3. The Morgan fingerprint density at radius 1 is 1.39 bits per heavy atom. The van der Waals surface area contributed by atoms with E-state index in [4.69, 9.17) is 9.72 Å². The number of nitrogens with one attached hydrogen (secondary N) is 1. The molecule has 1 heterocycles. The molecule has 0 fully saturated rings. The molecule has 0 aliphatic heterocycles. The summed E-state index contributed by atoms with van der Waals surface area (Å²) in [4.78, 5) is 8.31. The summed E-state index contributed by atoms with van der Waals surface area (Å²) < 4.78 is 5.03. The first kappa shape index (κ1) is 15.4. The van der Waals surface area contributed by atoms with Gasteiger partial charge in [0.15, 0.2) is 5.13 Å². The number of thiazole rings is 1. The van der Waals surface area contributed by atoms with Crippen molar-refractivity contribution in [3.8, 4) is 0 Å². The third-order valence-electron chi connectivity index (χ3n) is 2.76. The minimum atomic E-state index is 0.753. The number of methoxy groups -OCH3 is 1. The molecule has 0 spiro atoms. The largest absolute Gasteiger partial charge is 0.383 e. The van der Waals surface area contributed by atoms with E-state index in [0.29, 0.717) is 0 Å². The van der Waals surface area contributed by atoms with Crippen molar-refractivity contribution in [2.45, 2.75) is 33.2 Å². The van der Waals surface area contributed by atoms with Gasteiger partial charge in [-0.05, 0) is 12.8 Å². The molecule has 5 heteroatoms. The fraction of sp³-hybridized carbons (Fsp3) is 0.769. The van der Waals surface area contributed by atoms with E-state index in [0.717, 1.165) is 44.2 Å². The Labute approximate surface area is 114 Å². The molecule has 1 rings (SSSR count). The number of aromatic nitrogens is 1. The zero-order valence-corrected chi connectivity index (χ0v) is 12.8. The van der Waals surface area contributed by atoms with Crippen LogP contribution < -0.4 is 10.2 Å². The molecule has 1 aromatic rings. The van der Waals surface area contributed by atoms with Gasteiger partial charge in [-0.3, -0.25) is 0 Å². The van der Waals surface area contributed by atoms with Crippen LogP contribution in [0.3, 0.4) is 0 Å². The van der Waals surface area contributed by atoms with Gasteiger partial charge in [0.2, 0.25) is 0 Å². The van der Waals surface area contributed by atoms with Crippen molar-refractivity contribution in [2.24, 2.45) is 0 Å². The van der Waals surface area contributed by atoms with Gasteiger partial charge in [-0.25, -0.2) is 4.98 Å². The highest BCUT2D eigenvalue weighted by atomic mass is 32.1. The first-order chi connectivity index (χ1) is 8.72. The van der Waals surface area contributed by atoms with Crippen LogP contribution in [-0.4, -0.2) is 38.8 Å². The molecule has 1 N–H and O–H groups in total. The monoisotopic (exact) mass is 271 g/mol. The Morgan fingerprint density at radius 3 is 2.78 bits per heavy atom. The van der Waals surface area contributed by atoms with E-state index >= 15 is 0 Å². The first-order valence-corrected chi connectivity index (χ1v) is 7.43. The number of aryl methyl sites for hydroxylation is 1. The van der Waals surface area contributed by atoms with Crippen LogP contribution in [0.5, 0.6) is 0 Å². The fourth-order valence-electron chi connectivity index (χ4n) is 1.75. The highest BCUT2D eigenvalue weighted by Crippen LogP contribution is 2.26. The maximum absolute atomic E-state index is 5.03. The Bertz CT molecular complexity index is 341. The van der Waals surface area contributed by atoms with Crippen LogP contribution in [0.4, 0.5) is 5.13 Å². The summed E-state index contributed by atoms with van der Waals surface area (Å²) in [6, 6.07) is 0. The zero-order valence-electron chi connectivity index (χ0n) is 12.0. The smallest absolute Gasteiger partial charge is 0.185 e. The van der Waals surface area contributed by atoms with Gasteiger partial charge in [-0.1, -0.05) is 13.8 Å². The topological polar surface area (TPSA) is 37.4 Å². The van der Waals surface area contributed by atoms with Gasteiger partial charge < -0.3 is 15.0 Å².